The second-order valence-electron chi connectivity index (χ2n) is 7.28. The number of anilines is 2. The van der Waals surface area contributed by atoms with E-state index in [9.17, 15) is 9.59 Å². The van der Waals surface area contributed by atoms with Gasteiger partial charge >= 0.3 is 12.0 Å². The lowest BCUT2D eigenvalue weighted by molar-refractivity contribution is -0.139. The Labute approximate surface area is 198 Å². The number of carbonyl (C=O) groups is 2. The highest BCUT2D eigenvalue weighted by molar-refractivity contribution is 7.80. The van der Waals surface area contributed by atoms with Crippen LogP contribution in [0.25, 0.3) is 0 Å². The fraction of sp³-hybridized carbons (Fsp3) is 0.292. The van der Waals surface area contributed by atoms with E-state index in [1.165, 1.54) is 0 Å². The molecule has 1 aliphatic heterocycles. The first kappa shape index (κ1) is 24.1. The van der Waals surface area contributed by atoms with Gasteiger partial charge in [0, 0.05) is 29.7 Å². The first-order valence-electron chi connectivity index (χ1n) is 10.7. The Hall–Kier alpha value is -3.59. The number of amides is 2. The number of rotatable bonds is 7. The molecular formula is C24H28N4O4S. The normalized spacial score (nSPS) is 15.6. The zero-order chi connectivity index (χ0) is 24.0. The highest BCUT2D eigenvalue weighted by Gasteiger charge is 2.34. The number of hydrogen-bond acceptors (Lipinski definition) is 5. The Kier molecular flexibility index (Phi) is 7.89. The van der Waals surface area contributed by atoms with Crippen molar-refractivity contribution in [2.75, 3.05) is 30.9 Å². The minimum Gasteiger partial charge on any atom is -0.497 e. The average molecular weight is 469 g/mol. The fourth-order valence-corrected chi connectivity index (χ4v) is 4.06. The van der Waals surface area contributed by atoms with E-state index >= 15 is 0 Å². The zero-order valence-corrected chi connectivity index (χ0v) is 19.9. The number of hydrogen-bond donors (Lipinski definition) is 3. The fourth-order valence-electron chi connectivity index (χ4n) is 3.68. The van der Waals surface area contributed by atoms with E-state index in [1.54, 1.807) is 50.4 Å². The number of carbonyl (C=O) groups excluding carboxylic acids is 2. The molecule has 0 radical (unpaired) electrons. The van der Waals surface area contributed by atoms with Gasteiger partial charge in [-0.3, -0.25) is 0 Å². The Morgan fingerprint density at radius 1 is 1.09 bits per heavy atom. The zero-order valence-electron chi connectivity index (χ0n) is 19.1. The van der Waals surface area contributed by atoms with Crippen molar-refractivity contribution < 1.29 is 19.1 Å². The molecule has 2 amide bonds. The molecule has 9 heteroatoms. The second kappa shape index (κ2) is 10.8. The molecule has 0 aliphatic carbocycles. The highest BCUT2D eigenvalue weighted by Crippen LogP contribution is 2.32. The maximum atomic E-state index is 12.8. The summed E-state index contributed by atoms with van der Waals surface area (Å²) in [6.45, 7) is 6.49. The summed E-state index contributed by atoms with van der Waals surface area (Å²) in [7, 11) is 1.57. The number of allylic oxidation sites excluding steroid dienone is 1. The molecule has 2 aromatic carbocycles. The molecule has 2 aromatic rings. The van der Waals surface area contributed by atoms with Gasteiger partial charge in [0.15, 0.2) is 5.11 Å². The Morgan fingerprint density at radius 3 is 2.39 bits per heavy atom. The van der Waals surface area contributed by atoms with Gasteiger partial charge < -0.3 is 30.3 Å². The van der Waals surface area contributed by atoms with E-state index in [2.05, 4.69) is 16.0 Å². The van der Waals surface area contributed by atoms with Gasteiger partial charge in [-0.1, -0.05) is 18.2 Å². The molecule has 33 heavy (non-hydrogen) atoms. The molecule has 1 aliphatic rings. The highest BCUT2D eigenvalue weighted by atomic mass is 32.1. The molecule has 3 N–H and O–H groups in total. The summed E-state index contributed by atoms with van der Waals surface area (Å²) in [6.07, 6.45) is 0. The molecule has 0 spiro atoms. The number of nitrogens with zero attached hydrogens (tertiary/aromatic N) is 1. The number of methoxy groups -OCH3 is 1. The summed E-state index contributed by atoms with van der Waals surface area (Å²) in [4.78, 5) is 27.2. The van der Waals surface area contributed by atoms with Gasteiger partial charge in [-0.15, -0.1) is 0 Å². The Bertz CT molecular complexity index is 1090. The van der Waals surface area contributed by atoms with E-state index in [4.69, 9.17) is 21.7 Å². The van der Waals surface area contributed by atoms with Gasteiger partial charge in [0.25, 0.3) is 0 Å². The molecule has 3 rings (SSSR count). The monoisotopic (exact) mass is 468 g/mol. The number of ether oxygens (including phenoxy) is 2. The van der Waals surface area contributed by atoms with Crippen LogP contribution in [-0.4, -0.2) is 42.3 Å². The lowest BCUT2D eigenvalue weighted by Crippen LogP contribution is -2.47. The van der Waals surface area contributed by atoms with Crippen molar-refractivity contribution in [3.05, 3.63) is 65.4 Å². The van der Waals surface area contributed by atoms with Crippen molar-refractivity contribution in [3.63, 3.8) is 0 Å². The molecule has 0 fully saturated rings. The lowest BCUT2D eigenvalue weighted by atomic mass is 9.94. The second-order valence-corrected chi connectivity index (χ2v) is 7.67. The maximum absolute atomic E-state index is 12.8. The molecule has 174 valence electrons. The third-order valence-electron chi connectivity index (χ3n) is 5.21. The minimum absolute atomic E-state index is 0.269. The van der Waals surface area contributed by atoms with E-state index in [1.807, 2.05) is 30.9 Å². The van der Waals surface area contributed by atoms with Crippen LogP contribution >= 0.6 is 12.2 Å². The predicted molar refractivity (Wildman–Crippen MR) is 132 cm³/mol. The van der Waals surface area contributed by atoms with Crippen molar-refractivity contribution >= 4 is 40.7 Å². The van der Waals surface area contributed by atoms with E-state index in [-0.39, 0.29) is 6.61 Å². The predicted octanol–water partition coefficient (Wildman–Crippen LogP) is 4.43. The van der Waals surface area contributed by atoms with Crippen molar-refractivity contribution in [2.45, 2.75) is 26.8 Å². The van der Waals surface area contributed by atoms with E-state index in [0.717, 1.165) is 11.3 Å². The van der Waals surface area contributed by atoms with Crippen LogP contribution in [0.5, 0.6) is 5.75 Å². The number of thiocarbonyl (C=S) groups is 1. The Balaban J connectivity index is 1.84. The Morgan fingerprint density at radius 2 is 1.76 bits per heavy atom. The SMILES string of the molecule is CCOC(=O)C1=C(C)N(CC)C(=S)NC1c1cccc(NC(=O)Nc2cccc(OC)c2)c1. The summed E-state index contributed by atoms with van der Waals surface area (Å²) >= 11 is 5.52. The van der Waals surface area contributed by atoms with Gasteiger partial charge in [-0.05, 0) is 62.8 Å². The topological polar surface area (TPSA) is 91.9 Å². The minimum atomic E-state index is -0.498. The van der Waals surface area contributed by atoms with Gasteiger partial charge in [-0.25, -0.2) is 9.59 Å². The summed E-state index contributed by atoms with van der Waals surface area (Å²) in [6, 6.07) is 13.4. The lowest BCUT2D eigenvalue weighted by Gasteiger charge is -2.37. The molecule has 1 unspecified atom stereocenters. The van der Waals surface area contributed by atoms with E-state index in [0.29, 0.717) is 34.4 Å². The maximum Gasteiger partial charge on any atom is 0.338 e. The first-order chi connectivity index (χ1) is 15.9. The van der Waals surface area contributed by atoms with Gasteiger partial charge in [0.1, 0.15) is 5.75 Å². The van der Waals surface area contributed by atoms with Crippen LogP contribution in [0.15, 0.2) is 59.8 Å². The molecule has 0 bridgehead atoms. The van der Waals surface area contributed by atoms with Crippen LogP contribution in [0.2, 0.25) is 0 Å². The van der Waals surface area contributed by atoms with Crippen LogP contribution in [0, 0.1) is 0 Å². The van der Waals surface area contributed by atoms with E-state index < -0.39 is 18.0 Å². The van der Waals surface area contributed by atoms with Gasteiger partial charge in [-0.2, -0.15) is 0 Å². The standard InChI is InChI=1S/C24H28N4O4S/c1-5-28-15(3)20(22(29)32-6-2)21(27-24(28)33)16-9-7-10-17(13-16)25-23(30)26-18-11-8-12-19(14-18)31-4/h7-14,21H,5-6H2,1-4H3,(H,27,33)(H2,25,26,30). The van der Waals surface area contributed by atoms with Crippen LogP contribution in [-0.2, 0) is 9.53 Å². The van der Waals surface area contributed by atoms with Crippen LogP contribution in [0.4, 0.5) is 16.2 Å². The van der Waals surface area contributed by atoms with Crippen molar-refractivity contribution in [3.8, 4) is 5.75 Å². The molecular weight excluding hydrogens is 440 g/mol. The molecule has 0 saturated carbocycles. The molecule has 0 aromatic heterocycles. The van der Waals surface area contributed by atoms with Crippen molar-refractivity contribution in [2.24, 2.45) is 0 Å². The number of nitrogens with one attached hydrogen (secondary N) is 3. The quantitative estimate of drug-likeness (QED) is 0.409. The number of benzene rings is 2. The van der Waals surface area contributed by atoms with Gasteiger partial charge in [0.05, 0.1) is 25.3 Å². The van der Waals surface area contributed by atoms with Crippen LogP contribution < -0.4 is 20.7 Å². The summed E-state index contributed by atoms with van der Waals surface area (Å²) in [5.74, 6) is 0.242. The third-order valence-corrected chi connectivity index (χ3v) is 5.55. The number of urea groups is 1. The van der Waals surface area contributed by atoms with Crippen LogP contribution in [0.1, 0.15) is 32.4 Å². The van der Waals surface area contributed by atoms with Crippen LogP contribution in [0.3, 0.4) is 0 Å². The molecule has 0 saturated heterocycles. The average Bonchev–Trinajstić information content (AvgIpc) is 2.79. The van der Waals surface area contributed by atoms with Crippen molar-refractivity contribution in [1.82, 2.24) is 10.2 Å². The molecule has 1 heterocycles. The smallest absolute Gasteiger partial charge is 0.338 e. The number of esters is 1. The summed E-state index contributed by atoms with van der Waals surface area (Å²) in [5, 5.41) is 9.38. The first-order valence-corrected chi connectivity index (χ1v) is 11.1. The summed E-state index contributed by atoms with van der Waals surface area (Å²) in [5.41, 5.74) is 3.18. The molecule has 1 atom stereocenters. The summed E-state index contributed by atoms with van der Waals surface area (Å²) < 4.78 is 10.5. The molecule has 8 nitrogen and oxygen atoms in total. The third kappa shape index (κ3) is 5.61. The van der Waals surface area contributed by atoms with Crippen molar-refractivity contribution in [1.29, 1.82) is 0 Å². The largest absolute Gasteiger partial charge is 0.497 e. The van der Waals surface area contributed by atoms with Gasteiger partial charge in [0.2, 0.25) is 0 Å².